The first-order valence-electron chi connectivity index (χ1n) is 5.86. The van der Waals surface area contributed by atoms with Crippen molar-refractivity contribution in [2.24, 2.45) is 0 Å². The zero-order valence-corrected chi connectivity index (χ0v) is 10.4. The molecule has 3 nitrogen and oxygen atoms in total. The van der Waals surface area contributed by atoms with Gasteiger partial charge in [-0.15, -0.1) is 0 Å². The van der Waals surface area contributed by atoms with Crippen LogP contribution in [-0.4, -0.2) is 17.1 Å². The van der Waals surface area contributed by atoms with Crippen molar-refractivity contribution in [3.8, 4) is 16.9 Å². The number of aromatic amines is 1. The molecule has 0 aliphatic carbocycles. The number of hydrogen-bond acceptors (Lipinski definition) is 2. The smallest absolute Gasteiger partial charge is 0.120 e. The Labute approximate surface area is 105 Å². The highest BCUT2D eigenvalue weighted by Crippen LogP contribution is 2.33. The molecule has 3 heteroatoms. The summed E-state index contributed by atoms with van der Waals surface area (Å²) in [5.41, 5.74) is 4.66. The van der Waals surface area contributed by atoms with Gasteiger partial charge in [0.15, 0.2) is 0 Å². The Bertz CT molecular complexity index is 686. The summed E-state index contributed by atoms with van der Waals surface area (Å²) < 4.78 is 5.25. The van der Waals surface area contributed by atoms with Gasteiger partial charge in [-0.1, -0.05) is 0 Å². The number of aromatic nitrogens is 2. The molecular formula is C15H14N2O. The summed E-state index contributed by atoms with van der Waals surface area (Å²) in [4.78, 5) is 7.46. The summed E-state index contributed by atoms with van der Waals surface area (Å²) in [7, 11) is 1.68. The number of fused-ring (bicyclic) bond motifs is 1. The Balaban J connectivity index is 2.27. The summed E-state index contributed by atoms with van der Waals surface area (Å²) in [5, 5.41) is 1.21. The van der Waals surface area contributed by atoms with E-state index in [-0.39, 0.29) is 0 Å². The fraction of sp³-hybridized carbons (Fsp3) is 0.133. The van der Waals surface area contributed by atoms with Crippen molar-refractivity contribution in [3.63, 3.8) is 0 Å². The van der Waals surface area contributed by atoms with Crippen molar-refractivity contribution in [2.75, 3.05) is 7.11 Å². The Hall–Kier alpha value is -2.29. The fourth-order valence-corrected chi connectivity index (χ4v) is 2.33. The maximum absolute atomic E-state index is 5.25. The van der Waals surface area contributed by atoms with E-state index in [4.69, 9.17) is 4.74 Å². The van der Waals surface area contributed by atoms with Crippen molar-refractivity contribution < 1.29 is 4.74 Å². The maximum atomic E-state index is 5.25. The molecule has 2 aromatic heterocycles. The van der Waals surface area contributed by atoms with E-state index in [2.05, 4.69) is 23.0 Å². The Morgan fingerprint density at radius 2 is 1.89 bits per heavy atom. The highest BCUT2D eigenvalue weighted by Gasteiger charge is 2.10. The second-order valence-electron chi connectivity index (χ2n) is 4.27. The minimum Gasteiger partial charge on any atom is -0.497 e. The normalized spacial score (nSPS) is 10.8. The van der Waals surface area contributed by atoms with Gasteiger partial charge in [-0.25, -0.2) is 0 Å². The van der Waals surface area contributed by atoms with Crippen molar-refractivity contribution >= 4 is 10.9 Å². The van der Waals surface area contributed by atoms with E-state index >= 15 is 0 Å². The molecular weight excluding hydrogens is 224 g/mol. The van der Waals surface area contributed by atoms with E-state index in [9.17, 15) is 0 Å². The lowest BCUT2D eigenvalue weighted by molar-refractivity contribution is 0.415. The minimum atomic E-state index is 0.866. The summed E-state index contributed by atoms with van der Waals surface area (Å²) in [6.45, 7) is 2.09. The fourth-order valence-electron chi connectivity index (χ4n) is 2.33. The summed E-state index contributed by atoms with van der Waals surface area (Å²) in [6.07, 6.45) is 3.63. The lowest BCUT2D eigenvalue weighted by Gasteiger charge is -2.02. The second-order valence-corrected chi connectivity index (χ2v) is 4.27. The van der Waals surface area contributed by atoms with Crippen LogP contribution in [0.3, 0.4) is 0 Å². The molecule has 0 saturated heterocycles. The third-order valence-electron chi connectivity index (χ3n) is 3.16. The van der Waals surface area contributed by atoms with E-state index in [1.165, 1.54) is 16.5 Å². The van der Waals surface area contributed by atoms with E-state index in [1.54, 1.807) is 7.11 Å². The molecule has 0 atom stereocenters. The van der Waals surface area contributed by atoms with Gasteiger partial charge in [0.2, 0.25) is 0 Å². The molecule has 1 aromatic carbocycles. The maximum Gasteiger partial charge on any atom is 0.120 e. The summed E-state index contributed by atoms with van der Waals surface area (Å²) in [6, 6.07) is 10.2. The van der Waals surface area contributed by atoms with Gasteiger partial charge in [-0.3, -0.25) is 4.98 Å². The number of aryl methyl sites for hydroxylation is 1. The first-order chi connectivity index (χ1) is 8.79. The van der Waals surface area contributed by atoms with Crippen LogP contribution in [0.5, 0.6) is 5.75 Å². The largest absolute Gasteiger partial charge is 0.497 e. The molecule has 0 aliphatic heterocycles. The molecule has 1 N–H and O–H groups in total. The molecule has 0 aliphatic rings. The molecule has 0 unspecified atom stereocenters. The average molecular weight is 238 g/mol. The molecule has 0 saturated carbocycles. The van der Waals surface area contributed by atoms with Crippen LogP contribution in [-0.2, 0) is 0 Å². The molecule has 3 aromatic rings. The SMILES string of the molecule is COc1ccc2c(-c3ccncc3)c(C)[nH]c2c1. The molecule has 0 bridgehead atoms. The first-order valence-corrected chi connectivity index (χ1v) is 5.86. The van der Waals surface area contributed by atoms with Gasteiger partial charge in [-0.05, 0) is 36.8 Å². The van der Waals surface area contributed by atoms with Crippen molar-refractivity contribution in [1.82, 2.24) is 9.97 Å². The van der Waals surface area contributed by atoms with Gasteiger partial charge in [0.05, 0.1) is 7.11 Å². The average Bonchev–Trinajstić information content (AvgIpc) is 2.74. The van der Waals surface area contributed by atoms with Crippen LogP contribution in [0.2, 0.25) is 0 Å². The Morgan fingerprint density at radius 3 is 2.61 bits per heavy atom. The molecule has 0 amide bonds. The Morgan fingerprint density at radius 1 is 1.11 bits per heavy atom. The van der Waals surface area contributed by atoms with Gasteiger partial charge >= 0.3 is 0 Å². The number of nitrogens with one attached hydrogen (secondary N) is 1. The van der Waals surface area contributed by atoms with Gasteiger partial charge in [0, 0.05) is 40.6 Å². The third-order valence-corrected chi connectivity index (χ3v) is 3.16. The van der Waals surface area contributed by atoms with Crippen LogP contribution in [0.4, 0.5) is 0 Å². The van der Waals surface area contributed by atoms with E-state index in [0.717, 1.165) is 17.0 Å². The quantitative estimate of drug-likeness (QED) is 0.741. The number of methoxy groups -OCH3 is 1. The molecule has 0 fully saturated rings. The number of rotatable bonds is 2. The molecule has 90 valence electrons. The van der Waals surface area contributed by atoms with Gasteiger partial charge in [0.25, 0.3) is 0 Å². The van der Waals surface area contributed by atoms with Crippen molar-refractivity contribution in [3.05, 3.63) is 48.4 Å². The highest BCUT2D eigenvalue weighted by molar-refractivity contribution is 5.97. The van der Waals surface area contributed by atoms with E-state index in [1.807, 2.05) is 36.7 Å². The van der Waals surface area contributed by atoms with Crippen LogP contribution >= 0.6 is 0 Å². The monoisotopic (exact) mass is 238 g/mol. The lowest BCUT2D eigenvalue weighted by atomic mass is 10.0. The highest BCUT2D eigenvalue weighted by atomic mass is 16.5. The third kappa shape index (κ3) is 1.64. The van der Waals surface area contributed by atoms with Crippen LogP contribution in [0.15, 0.2) is 42.7 Å². The van der Waals surface area contributed by atoms with Crippen LogP contribution in [0.1, 0.15) is 5.69 Å². The number of hydrogen-bond donors (Lipinski definition) is 1. The topological polar surface area (TPSA) is 37.9 Å². The predicted octanol–water partition coefficient (Wildman–Crippen LogP) is 3.55. The predicted molar refractivity (Wildman–Crippen MR) is 72.8 cm³/mol. The number of benzene rings is 1. The summed E-state index contributed by atoms with van der Waals surface area (Å²) >= 11 is 0. The molecule has 0 spiro atoms. The number of pyridine rings is 1. The molecule has 2 heterocycles. The van der Waals surface area contributed by atoms with Gasteiger partial charge < -0.3 is 9.72 Å². The molecule has 0 radical (unpaired) electrons. The second kappa shape index (κ2) is 4.18. The number of nitrogens with zero attached hydrogens (tertiary/aromatic N) is 1. The Kier molecular flexibility index (Phi) is 2.52. The van der Waals surface area contributed by atoms with Gasteiger partial charge in [0.1, 0.15) is 5.75 Å². The minimum absolute atomic E-state index is 0.866. The van der Waals surface area contributed by atoms with E-state index in [0.29, 0.717) is 0 Å². The summed E-state index contributed by atoms with van der Waals surface area (Å²) in [5.74, 6) is 0.866. The van der Waals surface area contributed by atoms with E-state index < -0.39 is 0 Å². The lowest BCUT2D eigenvalue weighted by Crippen LogP contribution is -1.82. The van der Waals surface area contributed by atoms with Crippen molar-refractivity contribution in [2.45, 2.75) is 6.92 Å². The van der Waals surface area contributed by atoms with Crippen molar-refractivity contribution in [1.29, 1.82) is 0 Å². The molecule has 18 heavy (non-hydrogen) atoms. The standard InChI is InChI=1S/C15H14N2O/c1-10-15(11-5-7-16-8-6-11)13-4-3-12(18-2)9-14(13)17-10/h3-9,17H,1-2H3. The number of ether oxygens (including phenoxy) is 1. The molecule has 3 rings (SSSR count). The van der Waals surface area contributed by atoms with Crippen LogP contribution < -0.4 is 4.74 Å². The first kappa shape index (κ1) is 10.8. The van der Waals surface area contributed by atoms with Crippen LogP contribution in [0.25, 0.3) is 22.0 Å². The number of H-pyrrole nitrogens is 1. The zero-order valence-electron chi connectivity index (χ0n) is 10.4. The van der Waals surface area contributed by atoms with Crippen LogP contribution in [0, 0.1) is 6.92 Å². The van der Waals surface area contributed by atoms with Gasteiger partial charge in [-0.2, -0.15) is 0 Å². The zero-order chi connectivity index (χ0) is 12.5.